The first-order chi connectivity index (χ1) is 15.9. The van der Waals surface area contributed by atoms with E-state index in [1.54, 1.807) is 5.38 Å². The van der Waals surface area contributed by atoms with Crippen molar-refractivity contribution in [2.75, 3.05) is 19.6 Å². The molecule has 2 N–H and O–H groups in total. The molecule has 0 spiro atoms. The van der Waals surface area contributed by atoms with Crippen LogP contribution < -0.4 is 10.6 Å². The Morgan fingerprint density at radius 1 is 0.939 bits per heavy atom. The summed E-state index contributed by atoms with van der Waals surface area (Å²) >= 11 is 1.05. The number of hydrogen-bond acceptors (Lipinski definition) is 5. The highest BCUT2D eigenvalue weighted by Gasteiger charge is 2.32. The lowest BCUT2D eigenvalue weighted by molar-refractivity contribution is -0.120. The average Bonchev–Trinajstić information content (AvgIpc) is 3.34. The molecule has 0 aliphatic carbocycles. The number of rotatable bonds is 8. The highest BCUT2D eigenvalue weighted by atomic mass is 32.2. The van der Waals surface area contributed by atoms with Gasteiger partial charge in [0.25, 0.3) is 5.91 Å². The van der Waals surface area contributed by atoms with Gasteiger partial charge >= 0.3 is 0 Å². The Labute approximate surface area is 197 Å². The van der Waals surface area contributed by atoms with Crippen LogP contribution in [0.25, 0.3) is 0 Å². The van der Waals surface area contributed by atoms with Gasteiger partial charge in [0, 0.05) is 19.6 Å². The molecule has 1 aromatic heterocycles. The number of benzene rings is 2. The van der Waals surface area contributed by atoms with Gasteiger partial charge in [-0.1, -0.05) is 54.6 Å². The van der Waals surface area contributed by atoms with Gasteiger partial charge in [-0.3, -0.25) is 9.59 Å². The predicted molar refractivity (Wildman–Crippen MR) is 128 cm³/mol. The van der Waals surface area contributed by atoms with Crippen molar-refractivity contribution < 1.29 is 18.0 Å². The van der Waals surface area contributed by atoms with Gasteiger partial charge in [-0.05, 0) is 41.0 Å². The lowest BCUT2D eigenvalue weighted by atomic mass is 10.0. The average molecular weight is 484 g/mol. The maximum atomic E-state index is 13.3. The minimum absolute atomic E-state index is 0.0196. The largest absolute Gasteiger partial charge is 0.354 e. The molecule has 2 amide bonds. The SMILES string of the molecule is O=C(CNC(=O)c1sccc1S(=O)(=O)N1CCc2ccccc2C1)NCCc1ccccc1. The summed E-state index contributed by atoms with van der Waals surface area (Å²) in [5.74, 6) is -0.896. The third kappa shape index (κ3) is 5.50. The first-order valence-electron chi connectivity index (χ1n) is 10.7. The second-order valence-electron chi connectivity index (χ2n) is 7.74. The second kappa shape index (κ2) is 10.3. The van der Waals surface area contributed by atoms with E-state index in [-0.39, 0.29) is 28.8 Å². The summed E-state index contributed by atoms with van der Waals surface area (Å²) in [4.78, 5) is 24.9. The smallest absolute Gasteiger partial charge is 0.263 e. The van der Waals surface area contributed by atoms with E-state index in [0.29, 0.717) is 25.9 Å². The number of nitrogens with zero attached hydrogens (tertiary/aromatic N) is 1. The first-order valence-corrected chi connectivity index (χ1v) is 13.0. The van der Waals surface area contributed by atoms with Gasteiger partial charge < -0.3 is 10.6 Å². The molecule has 7 nitrogen and oxygen atoms in total. The monoisotopic (exact) mass is 483 g/mol. The molecule has 0 radical (unpaired) electrons. The van der Waals surface area contributed by atoms with Gasteiger partial charge in [0.05, 0.1) is 6.54 Å². The van der Waals surface area contributed by atoms with E-state index < -0.39 is 15.9 Å². The molecule has 9 heteroatoms. The van der Waals surface area contributed by atoms with Crippen molar-refractivity contribution in [3.8, 4) is 0 Å². The van der Waals surface area contributed by atoms with Crippen molar-refractivity contribution in [1.29, 1.82) is 0 Å². The summed E-state index contributed by atoms with van der Waals surface area (Å²) in [6, 6.07) is 19.0. The van der Waals surface area contributed by atoms with Crippen molar-refractivity contribution in [2.45, 2.75) is 24.3 Å². The third-order valence-electron chi connectivity index (χ3n) is 5.54. The second-order valence-corrected chi connectivity index (χ2v) is 10.6. The van der Waals surface area contributed by atoms with Gasteiger partial charge in [0.1, 0.15) is 9.77 Å². The Bertz CT molecular complexity index is 1240. The van der Waals surface area contributed by atoms with Crippen LogP contribution in [0.4, 0.5) is 0 Å². The molecule has 172 valence electrons. The third-order valence-corrected chi connectivity index (χ3v) is 8.47. The molecular weight excluding hydrogens is 458 g/mol. The van der Waals surface area contributed by atoms with E-state index in [0.717, 1.165) is 28.0 Å². The Kier molecular flexibility index (Phi) is 7.22. The summed E-state index contributed by atoms with van der Waals surface area (Å²) < 4.78 is 27.9. The van der Waals surface area contributed by atoms with Crippen LogP contribution in [0.3, 0.4) is 0 Å². The van der Waals surface area contributed by atoms with Crippen molar-refractivity contribution in [1.82, 2.24) is 14.9 Å². The fourth-order valence-electron chi connectivity index (χ4n) is 3.77. The minimum Gasteiger partial charge on any atom is -0.354 e. The number of thiophene rings is 1. The molecule has 2 aromatic carbocycles. The van der Waals surface area contributed by atoms with Crippen molar-refractivity contribution in [2.24, 2.45) is 0 Å². The molecule has 0 bridgehead atoms. The molecule has 0 saturated carbocycles. The highest BCUT2D eigenvalue weighted by Crippen LogP contribution is 2.29. The van der Waals surface area contributed by atoms with Gasteiger partial charge in [-0.2, -0.15) is 4.31 Å². The van der Waals surface area contributed by atoms with E-state index in [4.69, 9.17) is 0 Å². The number of carbonyl (C=O) groups excluding carboxylic acids is 2. The summed E-state index contributed by atoms with van der Waals surface area (Å²) in [7, 11) is -3.84. The summed E-state index contributed by atoms with van der Waals surface area (Å²) in [5.41, 5.74) is 3.22. The molecule has 0 saturated heterocycles. The summed E-state index contributed by atoms with van der Waals surface area (Å²) in [6.45, 7) is 0.870. The molecule has 1 aliphatic heterocycles. The topological polar surface area (TPSA) is 95.6 Å². The Morgan fingerprint density at radius 3 is 2.45 bits per heavy atom. The number of hydrogen-bond donors (Lipinski definition) is 2. The van der Waals surface area contributed by atoms with Gasteiger partial charge in [-0.15, -0.1) is 11.3 Å². The number of fused-ring (bicyclic) bond motifs is 1. The Hall–Kier alpha value is -3.01. The van der Waals surface area contributed by atoms with Crippen LogP contribution in [-0.4, -0.2) is 44.2 Å². The molecule has 33 heavy (non-hydrogen) atoms. The molecule has 3 aromatic rings. The van der Waals surface area contributed by atoms with Crippen LogP contribution in [0, 0.1) is 0 Å². The van der Waals surface area contributed by atoms with Crippen LogP contribution >= 0.6 is 11.3 Å². The fraction of sp³-hybridized carbons (Fsp3) is 0.250. The Balaban J connectivity index is 1.34. The number of sulfonamides is 1. The quantitative estimate of drug-likeness (QED) is 0.515. The summed E-state index contributed by atoms with van der Waals surface area (Å²) in [5, 5.41) is 6.89. The lowest BCUT2D eigenvalue weighted by Gasteiger charge is -2.28. The van der Waals surface area contributed by atoms with Crippen LogP contribution in [-0.2, 0) is 34.2 Å². The zero-order valence-corrected chi connectivity index (χ0v) is 19.6. The van der Waals surface area contributed by atoms with Crippen LogP contribution in [0.5, 0.6) is 0 Å². The van der Waals surface area contributed by atoms with E-state index in [2.05, 4.69) is 10.6 Å². The zero-order chi connectivity index (χ0) is 23.3. The van der Waals surface area contributed by atoms with Crippen molar-refractivity contribution >= 4 is 33.2 Å². The fourth-order valence-corrected chi connectivity index (χ4v) is 6.51. The van der Waals surface area contributed by atoms with Gasteiger partial charge in [0.15, 0.2) is 0 Å². The number of nitrogens with one attached hydrogen (secondary N) is 2. The van der Waals surface area contributed by atoms with Crippen molar-refractivity contribution in [3.05, 3.63) is 87.6 Å². The van der Waals surface area contributed by atoms with E-state index in [9.17, 15) is 18.0 Å². The molecular formula is C24H25N3O4S2. The Morgan fingerprint density at radius 2 is 1.67 bits per heavy atom. The number of amides is 2. The predicted octanol–water partition coefficient (Wildman–Crippen LogP) is 2.58. The van der Waals surface area contributed by atoms with E-state index in [1.807, 2.05) is 54.6 Å². The molecule has 2 heterocycles. The molecule has 0 atom stereocenters. The summed E-state index contributed by atoms with van der Waals surface area (Å²) in [6.07, 6.45) is 1.32. The van der Waals surface area contributed by atoms with Crippen molar-refractivity contribution in [3.63, 3.8) is 0 Å². The van der Waals surface area contributed by atoms with Gasteiger partial charge in [-0.25, -0.2) is 8.42 Å². The first kappa shape index (κ1) is 23.2. The van der Waals surface area contributed by atoms with Gasteiger partial charge in [0.2, 0.25) is 15.9 Å². The van der Waals surface area contributed by atoms with Crippen LogP contribution in [0.2, 0.25) is 0 Å². The van der Waals surface area contributed by atoms with E-state index >= 15 is 0 Å². The molecule has 4 rings (SSSR count). The zero-order valence-electron chi connectivity index (χ0n) is 18.0. The minimum atomic E-state index is -3.84. The normalized spacial score (nSPS) is 13.8. The molecule has 1 aliphatic rings. The van der Waals surface area contributed by atoms with E-state index in [1.165, 1.54) is 10.4 Å². The maximum Gasteiger partial charge on any atom is 0.263 e. The highest BCUT2D eigenvalue weighted by molar-refractivity contribution is 7.89. The lowest BCUT2D eigenvalue weighted by Crippen LogP contribution is -2.39. The molecule has 0 fully saturated rings. The number of carbonyl (C=O) groups is 2. The standard InChI is InChI=1S/C24H25N3O4S2/c28-22(25-13-10-18-6-2-1-3-7-18)16-26-24(29)23-21(12-15-32-23)33(30,31)27-14-11-19-8-4-5-9-20(19)17-27/h1-9,12,15H,10-11,13-14,16-17H2,(H,25,28)(H,26,29). The molecule has 0 unspecified atom stereocenters. The van der Waals surface area contributed by atoms with Crippen LogP contribution in [0.1, 0.15) is 26.4 Å². The maximum absolute atomic E-state index is 13.3. The van der Waals surface area contributed by atoms with Crippen LogP contribution in [0.15, 0.2) is 70.9 Å².